The van der Waals surface area contributed by atoms with Crippen molar-refractivity contribution in [3.63, 3.8) is 0 Å². The summed E-state index contributed by atoms with van der Waals surface area (Å²) in [6.45, 7) is 2.67. The first kappa shape index (κ1) is 17.6. The number of pyridine rings is 1. The molecule has 0 saturated carbocycles. The van der Waals surface area contributed by atoms with E-state index in [0.717, 1.165) is 31.7 Å². The lowest BCUT2D eigenvalue weighted by Crippen LogP contribution is -2.49. The molecule has 26 heavy (non-hydrogen) atoms. The second kappa shape index (κ2) is 7.06. The SMILES string of the molecule is O=C(CN1C[C@H]2C[C@H](C1)c1cccc(=O)n1C2)Nc1ccc(Cl)c(Cl)c1. The van der Waals surface area contributed by atoms with Gasteiger partial charge < -0.3 is 9.88 Å². The van der Waals surface area contributed by atoms with Gasteiger partial charge in [-0.3, -0.25) is 14.5 Å². The zero-order valence-corrected chi connectivity index (χ0v) is 15.6. The van der Waals surface area contributed by atoms with Gasteiger partial charge in [0.05, 0.1) is 16.6 Å². The Morgan fingerprint density at radius 2 is 1.96 bits per heavy atom. The summed E-state index contributed by atoms with van der Waals surface area (Å²) >= 11 is 11.9. The maximum Gasteiger partial charge on any atom is 0.250 e. The van der Waals surface area contributed by atoms with E-state index >= 15 is 0 Å². The summed E-state index contributed by atoms with van der Waals surface area (Å²) < 4.78 is 1.89. The van der Waals surface area contributed by atoms with Gasteiger partial charge in [0, 0.05) is 43.0 Å². The number of halogens is 2. The van der Waals surface area contributed by atoms with Crippen LogP contribution in [0, 0.1) is 5.92 Å². The van der Waals surface area contributed by atoms with Crippen LogP contribution < -0.4 is 10.9 Å². The summed E-state index contributed by atoms with van der Waals surface area (Å²) in [5.74, 6) is 0.627. The molecule has 3 heterocycles. The highest BCUT2D eigenvalue weighted by atomic mass is 35.5. The molecule has 5 nitrogen and oxygen atoms in total. The van der Waals surface area contributed by atoms with Gasteiger partial charge in [-0.2, -0.15) is 0 Å². The lowest BCUT2D eigenvalue weighted by molar-refractivity contribution is -0.117. The number of nitrogens with zero attached hydrogens (tertiary/aromatic N) is 2. The summed E-state index contributed by atoms with van der Waals surface area (Å²) in [4.78, 5) is 26.7. The molecule has 2 bridgehead atoms. The van der Waals surface area contributed by atoms with Crippen LogP contribution in [0.5, 0.6) is 0 Å². The van der Waals surface area contributed by atoms with E-state index in [1.54, 1.807) is 24.3 Å². The van der Waals surface area contributed by atoms with Crippen LogP contribution in [-0.4, -0.2) is 35.0 Å². The molecule has 2 aliphatic heterocycles. The van der Waals surface area contributed by atoms with E-state index in [9.17, 15) is 9.59 Å². The normalized spacial score (nSPS) is 21.9. The number of piperidine rings is 1. The van der Waals surface area contributed by atoms with Gasteiger partial charge in [0.25, 0.3) is 5.56 Å². The van der Waals surface area contributed by atoms with Crippen molar-refractivity contribution in [3.8, 4) is 0 Å². The number of benzene rings is 1. The standard InChI is InChI=1S/C19H19Cl2N3O2/c20-15-5-4-14(7-16(15)21)22-18(25)11-23-8-12-6-13(10-23)17-2-1-3-19(26)24(17)9-12/h1-5,7,12-13H,6,8-11H2,(H,22,25)/t12-,13-/m1/s1. The predicted molar refractivity (Wildman–Crippen MR) is 103 cm³/mol. The molecule has 0 radical (unpaired) electrons. The van der Waals surface area contributed by atoms with Gasteiger partial charge in [-0.05, 0) is 36.6 Å². The predicted octanol–water partition coefficient (Wildman–Crippen LogP) is 3.21. The molecule has 1 saturated heterocycles. The summed E-state index contributed by atoms with van der Waals surface area (Å²) in [6.07, 6.45) is 1.08. The number of nitrogens with one attached hydrogen (secondary N) is 1. The third kappa shape index (κ3) is 3.52. The Bertz CT molecular complexity index is 912. The molecule has 136 valence electrons. The van der Waals surface area contributed by atoms with E-state index in [1.807, 2.05) is 16.7 Å². The van der Waals surface area contributed by atoms with Gasteiger partial charge in [0.2, 0.25) is 5.91 Å². The molecule has 2 aromatic rings. The van der Waals surface area contributed by atoms with E-state index in [-0.39, 0.29) is 11.5 Å². The zero-order valence-electron chi connectivity index (χ0n) is 14.1. The van der Waals surface area contributed by atoms with E-state index < -0.39 is 0 Å². The van der Waals surface area contributed by atoms with Gasteiger partial charge in [0.15, 0.2) is 0 Å². The van der Waals surface area contributed by atoms with Crippen molar-refractivity contribution in [2.24, 2.45) is 5.92 Å². The first-order chi connectivity index (χ1) is 12.5. The van der Waals surface area contributed by atoms with E-state index in [2.05, 4.69) is 10.2 Å². The van der Waals surface area contributed by atoms with Gasteiger partial charge in [-0.25, -0.2) is 0 Å². The summed E-state index contributed by atoms with van der Waals surface area (Å²) in [7, 11) is 0. The molecule has 1 fully saturated rings. The number of carbonyl (C=O) groups is 1. The quantitative estimate of drug-likeness (QED) is 0.873. The van der Waals surface area contributed by atoms with Crippen molar-refractivity contribution in [2.75, 3.05) is 25.0 Å². The summed E-state index contributed by atoms with van der Waals surface area (Å²) in [6, 6.07) is 10.5. The van der Waals surface area contributed by atoms with Crippen molar-refractivity contribution >= 4 is 34.8 Å². The van der Waals surface area contributed by atoms with Crippen molar-refractivity contribution in [1.29, 1.82) is 0 Å². The first-order valence-electron chi connectivity index (χ1n) is 8.66. The second-order valence-electron chi connectivity index (χ2n) is 7.07. The molecule has 7 heteroatoms. The topological polar surface area (TPSA) is 54.3 Å². The van der Waals surface area contributed by atoms with Crippen molar-refractivity contribution in [2.45, 2.75) is 18.9 Å². The highest BCUT2D eigenvalue weighted by Gasteiger charge is 2.34. The van der Waals surface area contributed by atoms with Crippen LogP contribution >= 0.6 is 23.2 Å². The smallest absolute Gasteiger partial charge is 0.250 e. The van der Waals surface area contributed by atoms with Gasteiger partial charge >= 0.3 is 0 Å². The molecule has 0 aliphatic carbocycles. The number of carbonyl (C=O) groups excluding carboxylic acids is 1. The Hall–Kier alpha value is -1.82. The molecule has 1 aromatic carbocycles. The lowest BCUT2D eigenvalue weighted by atomic mass is 9.83. The van der Waals surface area contributed by atoms with Crippen LogP contribution in [0.4, 0.5) is 5.69 Å². The van der Waals surface area contributed by atoms with Crippen LogP contribution in [0.25, 0.3) is 0 Å². The molecule has 4 rings (SSSR count). The fourth-order valence-corrected chi connectivity index (χ4v) is 4.40. The minimum atomic E-state index is -0.0752. The van der Waals surface area contributed by atoms with Crippen LogP contribution in [0.1, 0.15) is 18.0 Å². The number of aromatic nitrogens is 1. The maximum absolute atomic E-state index is 12.4. The maximum atomic E-state index is 12.4. The highest BCUT2D eigenvalue weighted by Crippen LogP contribution is 2.34. The van der Waals surface area contributed by atoms with E-state index in [0.29, 0.717) is 34.1 Å². The fourth-order valence-electron chi connectivity index (χ4n) is 4.10. The Morgan fingerprint density at radius 3 is 2.77 bits per heavy atom. The summed E-state index contributed by atoms with van der Waals surface area (Å²) in [5, 5.41) is 3.75. The average molecular weight is 392 g/mol. The zero-order chi connectivity index (χ0) is 18.3. The van der Waals surface area contributed by atoms with Gasteiger partial charge in [-0.15, -0.1) is 0 Å². The number of hydrogen-bond donors (Lipinski definition) is 1. The Balaban J connectivity index is 1.43. The summed E-state index contributed by atoms with van der Waals surface area (Å²) in [5.41, 5.74) is 1.80. The second-order valence-corrected chi connectivity index (χ2v) is 7.88. The van der Waals surface area contributed by atoms with Crippen LogP contribution in [-0.2, 0) is 11.3 Å². The lowest BCUT2D eigenvalue weighted by Gasteiger charge is -2.42. The number of hydrogen-bond acceptors (Lipinski definition) is 3. The minimum absolute atomic E-state index is 0.0722. The molecule has 2 aliphatic rings. The third-order valence-corrected chi connectivity index (χ3v) is 5.86. The fraction of sp³-hybridized carbons (Fsp3) is 0.368. The number of rotatable bonds is 3. The van der Waals surface area contributed by atoms with Gasteiger partial charge in [0.1, 0.15) is 0 Å². The molecule has 1 amide bonds. The highest BCUT2D eigenvalue weighted by molar-refractivity contribution is 6.42. The van der Waals surface area contributed by atoms with Gasteiger partial charge in [-0.1, -0.05) is 29.3 Å². The molecule has 0 unspecified atom stereocenters. The number of anilines is 1. The van der Waals surface area contributed by atoms with Crippen molar-refractivity contribution < 1.29 is 4.79 Å². The molecular weight excluding hydrogens is 373 g/mol. The Labute approximate surface area is 161 Å². The molecule has 0 spiro atoms. The van der Waals surface area contributed by atoms with E-state index in [1.165, 1.54) is 0 Å². The van der Waals surface area contributed by atoms with Crippen molar-refractivity contribution in [3.05, 3.63) is 62.5 Å². The first-order valence-corrected chi connectivity index (χ1v) is 9.42. The van der Waals surface area contributed by atoms with E-state index in [4.69, 9.17) is 23.2 Å². The molecule has 1 aromatic heterocycles. The van der Waals surface area contributed by atoms with Crippen molar-refractivity contribution in [1.82, 2.24) is 9.47 Å². The van der Waals surface area contributed by atoms with Crippen LogP contribution in [0.15, 0.2) is 41.2 Å². The molecular formula is C19H19Cl2N3O2. The average Bonchev–Trinajstić information content (AvgIpc) is 2.59. The molecule has 2 atom stereocenters. The minimum Gasteiger partial charge on any atom is -0.325 e. The number of amides is 1. The third-order valence-electron chi connectivity index (χ3n) is 5.13. The Morgan fingerprint density at radius 1 is 1.12 bits per heavy atom. The number of likely N-dealkylation sites (tertiary alicyclic amines) is 1. The monoisotopic (exact) mass is 391 g/mol. The Kier molecular flexibility index (Phi) is 4.78. The molecule has 1 N–H and O–H groups in total. The number of fused-ring (bicyclic) bond motifs is 4. The van der Waals surface area contributed by atoms with Crippen LogP contribution in [0.2, 0.25) is 10.0 Å². The largest absolute Gasteiger partial charge is 0.325 e. The van der Waals surface area contributed by atoms with Crippen LogP contribution in [0.3, 0.4) is 0 Å².